The third kappa shape index (κ3) is 1.74. The highest BCUT2D eigenvalue weighted by molar-refractivity contribution is 5.48. The van der Waals surface area contributed by atoms with Crippen LogP contribution in [0.25, 0.3) is 5.65 Å². The van der Waals surface area contributed by atoms with Gasteiger partial charge in [-0.05, 0) is 17.5 Å². The van der Waals surface area contributed by atoms with Crippen molar-refractivity contribution in [2.24, 2.45) is 0 Å². The van der Waals surface area contributed by atoms with Gasteiger partial charge in [-0.15, -0.1) is 0 Å². The first-order valence-corrected chi connectivity index (χ1v) is 5.44. The fourth-order valence-corrected chi connectivity index (χ4v) is 1.64. The topological polar surface area (TPSA) is 30.2 Å². The average Bonchev–Trinajstić information content (AvgIpc) is 2.60. The molecule has 0 saturated carbocycles. The van der Waals surface area contributed by atoms with E-state index in [1.807, 2.05) is 16.8 Å². The predicted octanol–water partition coefficient (Wildman–Crippen LogP) is 2.98. The molecular formula is C12H17N3. The van der Waals surface area contributed by atoms with Gasteiger partial charge in [-0.25, -0.2) is 9.50 Å². The maximum atomic E-state index is 4.59. The Morgan fingerprint density at radius 3 is 2.47 bits per heavy atom. The molecule has 2 rings (SSSR count). The second kappa shape index (κ2) is 3.65. The minimum atomic E-state index is 0.380. The van der Waals surface area contributed by atoms with Gasteiger partial charge in [-0.2, -0.15) is 5.10 Å². The van der Waals surface area contributed by atoms with Crippen LogP contribution in [-0.4, -0.2) is 14.6 Å². The van der Waals surface area contributed by atoms with E-state index >= 15 is 0 Å². The van der Waals surface area contributed by atoms with E-state index in [0.717, 1.165) is 11.5 Å². The molecule has 3 nitrogen and oxygen atoms in total. The number of fused-ring (bicyclic) bond motifs is 1. The second-order valence-corrected chi connectivity index (χ2v) is 4.51. The van der Waals surface area contributed by atoms with Gasteiger partial charge < -0.3 is 0 Å². The maximum absolute atomic E-state index is 4.59. The highest BCUT2D eigenvalue weighted by atomic mass is 15.3. The largest absolute Gasteiger partial charge is 0.221 e. The molecule has 0 amide bonds. The summed E-state index contributed by atoms with van der Waals surface area (Å²) in [4.78, 5) is 4.59. The average molecular weight is 203 g/mol. The summed E-state index contributed by atoms with van der Waals surface area (Å²) in [7, 11) is 0. The monoisotopic (exact) mass is 203 g/mol. The van der Waals surface area contributed by atoms with Crippen molar-refractivity contribution in [3.05, 3.63) is 29.7 Å². The summed E-state index contributed by atoms with van der Waals surface area (Å²) in [6, 6.07) is 4.15. The Bertz CT molecular complexity index is 469. The Kier molecular flexibility index (Phi) is 2.47. The van der Waals surface area contributed by atoms with Gasteiger partial charge in [0.05, 0.1) is 0 Å². The van der Waals surface area contributed by atoms with Crippen LogP contribution in [0.2, 0.25) is 0 Å². The third-order valence-corrected chi connectivity index (χ3v) is 2.55. The smallest absolute Gasteiger partial charge is 0.159 e. The first-order valence-electron chi connectivity index (χ1n) is 5.44. The lowest BCUT2D eigenvalue weighted by molar-refractivity contribution is 0.765. The van der Waals surface area contributed by atoms with Crippen molar-refractivity contribution in [3.63, 3.8) is 0 Å². The Hall–Kier alpha value is -1.38. The molecule has 2 aromatic rings. The lowest BCUT2D eigenvalue weighted by Gasteiger charge is -2.04. The third-order valence-electron chi connectivity index (χ3n) is 2.55. The molecule has 3 heteroatoms. The van der Waals surface area contributed by atoms with Gasteiger partial charge in [0.2, 0.25) is 0 Å². The molecule has 0 aliphatic rings. The zero-order valence-corrected chi connectivity index (χ0v) is 9.73. The van der Waals surface area contributed by atoms with Crippen molar-refractivity contribution in [2.45, 2.75) is 39.5 Å². The molecule has 0 aliphatic heterocycles. The minimum Gasteiger partial charge on any atom is -0.221 e. The van der Waals surface area contributed by atoms with Crippen molar-refractivity contribution >= 4 is 5.65 Å². The molecule has 2 heterocycles. The van der Waals surface area contributed by atoms with Gasteiger partial charge in [0.15, 0.2) is 11.5 Å². The Morgan fingerprint density at radius 1 is 1.13 bits per heavy atom. The highest BCUT2D eigenvalue weighted by Gasteiger charge is 2.11. The molecular weight excluding hydrogens is 186 g/mol. The summed E-state index contributed by atoms with van der Waals surface area (Å²) in [6.07, 6.45) is 1.96. The van der Waals surface area contributed by atoms with Crippen LogP contribution in [0, 0.1) is 0 Å². The molecule has 15 heavy (non-hydrogen) atoms. The van der Waals surface area contributed by atoms with Gasteiger partial charge in [0.1, 0.15) is 0 Å². The number of pyridine rings is 1. The standard InChI is InChI=1S/C12H17N3/c1-8(2)10-6-5-7-15-12(10)13-11(14-15)9(3)4/h5-9H,1-4H3. The van der Waals surface area contributed by atoms with Crippen molar-refractivity contribution in [1.82, 2.24) is 14.6 Å². The molecule has 0 radical (unpaired) electrons. The van der Waals surface area contributed by atoms with E-state index in [-0.39, 0.29) is 0 Å². The Balaban J connectivity index is 2.64. The van der Waals surface area contributed by atoms with Crippen molar-refractivity contribution in [3.8, 4) is 0 Å². The summed E-state index contributed by atoms with van der Waals surface area (Å²) < 4.78 is 1.88. The first kappa shape index (κ1) is 10.1. The van der Waals surface area contributed by atoms with Gasteiger partial charge in [-0.1, -0.05) is 33.8 Å². The Labute approximate surface area is 90.1 Å². The molecule has 0 unspecified atom stereocenters. The molecule has 2 aromatic heterocycles. The molecule has 0 aliphatic carbocycles. The zero-order valence-electron chi connectivity index (χ0n) is 9.73. The van der Waals surface area contributed by atoms with E-state index in [0.29, 0.717) is 11.8 Å². The van der Waals surface area contributed by atoms with Crippen LogP contribution in [0.4, 0.5) is 0 Å². The van der Waals surface area contributed by atoms with Crippen LogP contribution >= 0.6 is 0 Å². The SMILES string of the molecule is CC(C)c1nc2c(C(C)C)cccn2n1. The van der Waals surface area contributed by atoms with Crippen LogP contribution in [0.3, 0.4) is 0 Å². The number of hydrogen-bond donors (Lipinski definition) is 0. The fraction of sp³-hybridized carbons (Fsp3) is 0.500. The number of rotatable bonds is 2. The van der Waals surface area contributed by atoms with E-state index < -0.39 is 0 Å². The quantitative estimate of drug-likeness (QED) is 0.751. The van der Waals surface area contributed by atoms with Crippen LogP contribution in [-0.2, 0) is 0 Å². The van der Waals surface area contributed by atoms with Gasteiger partial charge in [0, 0.05) is 12.1 Å². The normalized spacial score (nSPS) is 11.9. The van der Waals surface area contributed by atoms with Gasteiger partial charge in [-0.3, -0.25) is 0 Å². The summed E-state index contributed by atoms with van der Waals surface area (Å²) in [6.45, 7) is 8.59. The molecule has 0 aromatic carbocycles. The molecule has 0 spiro atoms. The van der Waals surface area contributed by atoms with Gasteiger partial charge >= 0.3 is 0 Å². The van der Waals surface area contributed by atoms with E-state index in [9.17, 15) is 0 Å². The lowest BCUT2D eigenvalue weighted by atomic mass is 10.1. The predicted molar refractivity (Wildman–Crippen MR) is 61.2 cm³/mol. The van der Waals surface area contributed by atoms with E-state index in [4.69, 9.17) is 0 Å². The number of nitrogens with zero attached hydrogens (tertiary/aromatic N) is 3. The zero-order chi connectivity index (χ0) is 11.0. The summed E-state index contributed by atoms with van der Waals surface area (Å²) in [5.74, 6) is 1.78. The maximum Gasteiger partial charge on any atom is 0.159 e. The van der Waals surface area contributed by atoms with Crippen LogP contribution in [0.15, 0.2) is 18.3 Å². The van der Waals surface area contributed by atoms with Crippen LogP contribution in [0.5, 0.6) is 0 Å². The Morgan fingerprint density at radius 2 is 1.87 bits per heavy atom. The molecule has 0 saturated heterocycles. The first-order chi connectivity index (χ1) is 7.09. The van der Waals surface area contributed by atoms with Crippen LogP contribution < -0.4 is 0 Å². The van der Waals surface area contributed by atoms with E-state index in [2.05, 4.69) is 43.8 Å². The molecule has 0 bridgehead atoms. The molecule has 80 valence electrons. The van der Waals surface area contributed by atoms with Crippen molar-refractivity contribution in [1.29, 1.82) is 0 Å². The lowest BCUT2D eigenvalue weighted by Crippen LogP contribution is -1.94. The van der Waals surface area contributed by atoms with Crippen molar-refractivity contribution in [2.75, 3.05) is 0 Å². The summed E-state index contributed by atoms with van der Waals surface area (Å²) in [5, 5.41) is 4.46. The molecule has 0 N–H and O–H groups in total. The molecule has 0 atom stereocenters. The summed E-state index contributed by atoms with van der Waals surface area (Å²) in [5.41, 5.74) is 2.26. The second-order valence-electron chi connectivity index (χ2n) is 4.51. The fourth-order valence-electron chi connectivity index (χ4n) is 1.64. The molecule has 0 fully saturated rings. The van der Waals surface area contributed by atoms with Gasteiger partial charge in [0.25, 0.3) is 0 Å². The van der Waals surface area contributed by atoms with E-state index in [1.165, 1.54) is 5.56 Å². The number of hydrogen-bond acceptors (Lipinski definition) is 2. The van der Waals surface area contributed by atoms with E-state index in [1.54, 1.807) is 0 Å². The number of aromatic nitrogens is 3. The highest BCUT2D eigenvalue weighted by Crippen LogP contribution is 2.20. The van der Waals surface area contributed by atoms with Crippen molar-refractivity contribution < 1.29 is 0 Å². The van der Waals surface area contributed by atoms with Crippen LogP contribution in [0.1, 0.15) is 50.9 Å². The minimum absolute atomic E-state index is 0.380. The summed E-state index contributed by atoms with van der Waals surface area (Å²) >= 11 is 0.